The SMILES string of the molecule is COc1ccc([C@H]2CC(=O)C3=C(C2)Nc2ccccc2N(C(=O)c2ccccc2)[C@H]3c2cc(OC)c(OC)c(OC)c2)cc1OC. The molecule has 0 radical (unpaired) electrons. The molecule has 4 aromatic carbocycles. The van der Waals surface area contributed by atoms with Crippen LogP contribution in [0.15, 0.2) is 96.2 Å². The molecule has 2 atom stereocenters. The summed E-state index contributed by atoms with van der Waals surface area (Å²) in [5.41, 5.74) is 4.69. The lowest BCUT2D eigenvalue weighted by Gasteiger charge is -2.35. The zero-order valence-corrected chi connectivity index (χ0v) is 26.5. The van der Waals surface area contributed by atoms with Crippen molar-refractivity contribution in [1.82, 2.24) is 0 Å². The first kappa shape index (κ1) is 30.6. The van der Waals surface area contributed by atoms with Gasteiger partial charge in [0.25, 0.3) is 5.91 Å². The number of benzene rings is 4. The molecular weight excluding hydrogens is 584 g/mol. The van der Waals surface area contributed by atoms with E-state index >= 15 is 0 Å². The van der Waals surface area contributed by atoms with Crippen molar-refractivity contribution in [1.29, 1.82) is 0 Å². The highest BCUT2D eigenvalue weighted by Gasteiger charge is 2.42. The van der Waals surface area contributed by atoms with Gasteiger partial charge in [-0.2, -0.15) is 0 Å². The Kier molecular flexibility index (Phi) is 8.57. The third kappa shape index (κ3) is 5.38. The number of fused-ring (bicyclic) bond motifs is 1. The highest BCUT2D eigenvalue weighted by atomic mass is 16.5. The van der Waals surface area contributed by atoms with Crippen molar-refractivity contribution in [2.75, 3.05) is 45.8 Å². The van der Waals surface area contributed by atoms with Gasteiger partial charge >= 0.3 is 0 Å². The van der Waals surface area contributed by atoms with Crippen LogP contribution in [0.3, 0.4) is 0 Å². The molecule has 1 aliphatic heterocycles. The highest BCUT2D eigenvalue weighted by Crippen LogP contribution is 2.50. The molecular formula is C37H36N2O7. The minimum atomic E-state index is -0.814. The number of methoxy groups -OCH3 is 5. The second-order valence-corrected chi connectivity index (χ2v) is 11.1. The number of Topliss-reactive ketones (excluding diaryl/α,β-unsaturated/α-hetero) is 1. The summed E-state index contributed by atoms with van der Waals surface area (Å²) in [6, 6.07) is 25.2. The molecule has 9 nitrogen and oxygen atoms in total. The van der Waals surface area contributed by atoms with Gasteiger partial charge < -0.3 is 29.0 Å². The number of nitrogens with zero attached hydrogens (tertiary/aromatic N) is 1. The molecule has 0 fully saturated rings. The van der Waals surface area contributed by atoms with Crippen LogP contribution in [-0.2, 0) is 4.79 Å². The molecule has 1 N–H and O–H groups in total. The van der Waals surface area contributed by atoms with E-state index in [0.717, 1.165) is 16.9 Å². The van der Waals surface area contributed by atoms with Gasteiger partial charge in [0.05, 0.1) is 53.0 Å². The van der Waals surface area contributed by atoms with Crippen LogP contribution >= 0.6 is 0 Å². The predicted molar refractivity (Wildman–Crippen MR) is 176 cm³/mol. The number of para-hydroxylation sites is 2. The number of anilines is 2. The van der Waals surface area contributed by atoms with Crippen molar-refractivity contribution in [2.45, 2.75) is 24.8 Å². The molecule has 236 valence electrons. The molecule has 0 saturated heterocycles. The van der Waals surface area contributed by atoms with Crippen LogP contribution in [0.5, 0.6) is 28.7 Å². The van der Waals surface area contributed by atoms with Gasteiger partial charge in [0.2, 0.25) is 5.75 Å². The Morgan fingerprint density at radius 3 is 1.98 bits per heavy atom. The average Bonchev–Trinajstić information content (AvgIpc) is 3.25. The lowest BCUT2D eigenvalue weighted by molar-refractivity contribution is -0.116. The summed E-state index contributed by atoms with van der Waals surface area (Å²) in [4.78, 5) is 30.8. The summed E-state index contributed by atoms with van der Waals surface area (Å²) in [5.74, 6) is 2.00. The number of ether oxygens (including phenoxy) is 5. The van der Waals surface area contributed by atoms with Crippen LogP contribution in [0.4, 0.5) is 11.4 Å². The van der Waals surface area contributed by atoms with E-state index in [1.54, 1.807) is 45.5 Å². The van der Waals surface area contributed by atoms with Crippen molar-refractivity contribution in [3.8, 4) is 28.7 Å². The van der Waals surface area contributed by atoms with Crippen LogP contribution in [0.2, 0.25) is 0 Å². The van der Waals surface area contributed by atoms with E-state index in [0.29, 0.717) is 57.6 Å². The second-order valence-electron chi connectivity index (χ2n) is 11.1. The number of amides is 1. The van der Waals surface area contributed by atoms with Gasteiger partial charge in [-0.25, -0.2) is 0 Å². The molecule has 1 heterocycles. The summed E-state index contributed by atoms with van der Waals surface area (Å²) in [6.07, 6.45) is 0.764. The van der Waals surface area contributed by atoms with Crippen molar-refractivity contribution >= 4 is 23.1 Å². The number of rotatable bonds is 8. The van der Waals surface area contributed by atoms with Crippen LogP contribution in [0.1, 0.15) is 46.3 Å². The largest absolute Gasteiger partial charge is 0.493 e. The van der Waals surface area contributed by atoms with E-state index in [1.165, 1.54) is 7.11 Å². The number of ketones is 1. The first-order valence-corrected chi connectivity index (χ1v) is 14.9. The zero-order valence-electron chi connectivity index (χ0n) is 26.5. The summed E-state index contributed by atoms with van der Waals surface area (Å²) in [5, 5.41) is 3.58. The number of carbonyl (C=O) groups is 2. The molecule has 1 aliphatic carbocycles. The van der Waals surface area contributed by atoms with Crippen LogP contribution in [0, 0.1) is 0 Å². The summed E-state index contributed by atoms with van der Waals surface area (Å²) >= 11 is 0. The van der Waals surface area contributed by atoms with Crippen molar-refractivity contribution in [3.63, 3.8) is 0 Å². The molecule has 0 aromatic heterocycles. The van der Waals surface area contributed by atoms with E-state index in [9.17, 15) is 9.59 Å². The Hall–Kier alpha value is -5.44. The first-order valence-electron chi connectivity index (χ1n) is 14.9. The Balaban J connectivity index is 1.59. The first-order chi connectivity index (χ1) is 22.4. The fourth-order valence-electron chi connectivity index (χ4n) is 6.45. The van der Waals surface area contributed by atoms with E-state index in [-0.39, 0.29) is 24.0 Å². The molecule has 46 heavy (non-hydrogen) atoms. The molecule has 0 bridgehead atoms. The van der Waals surface area contributed by atoms with Gasteiger partial charge in [-0.3, -0.25) is 14.5 Å². The number of carbonyl (C=O) groups excluding carboxylic acids is 2. The maximum atomic E-state index is 14.6. The maximum Gasteiger partial charge on any atom is 0.259 e. The third-order valence-corrected chi connectivity index (χ3v) is 8.61. The van der Waals surface area contributed by atoms with E-state index in [2.05, 4.69) is 5.32 Å². The molecule has 2 aliphatic rings. The normalized spacial score (nSPS) is 17.2. The summed E-state index contributed by atoms with van der Waals surface area (Å²) in [7, 11) is 7.82. The summed E-state index contributed by atoms with van der Waals surface area (Å²) in [6.45, 7) is 0. The number of allylic oxidation sites excluding steroid dienone is 1. The fraction of sp³-hybridized carbons (Fsp3) is 0.243. The minimum Gasteiger partial charge on any atom is -0.493 e. The van der Waals surface area contributed by atoms with E-state index < -0.39 is 6.04 Å². The number of hydrogen-bond donors (Lipinski definition) is 1. The number of hydrogen-bond acceptors (Lipinski definition) is 8. The predicted octanol–water partition coefficient (Wildman–Crippen LogP) is 6.94. The topological polar surface area (TPSA) is 95.6 Å². The van der Waals surface area contributed by atoms with Gasteiger partial charge in [-0.15, -0.1) is 0 Å². The lowest BCUT2D eigenvalue weighted by Crippen LogP contribution is -2.38. The molecule has 4 aromatic rings. The Labute approximate surface area is 268 Å². The smallest absolute Gasteiger partial charge is 0.259 e. The Morgan fingerprint density at radius 2 is 1.33 bits per heavy atom. The van der Waals surface area contributed by atoms with Gasteiger partial charge in [-0.05, 0) is 72.0 Å². The highest BCUT2D eigenvalue weighted by molar-refractivity contribution is 6.12. The Morgan fingerprint density at radius 1 is 0.696 bits per heavy atom. The van der Waals surface area contributed by atoms with Gasteiger partial charge in [-0.1, -0.05) is 36.4 Å². The standard InChI is InChI=1S/C37H36N2O7/c1-42-30-16-15-23(19-31(30)43-2)24-17-27-34(29(40)18-24)35(25-20-32(44-3)36(46-5)33(21-25)45-4)39(28-14-10-9-13-26(28)38-27)37(41)22-11-7-6-8-12-22/h6-16,19-21,24,35,38H,17-18H2,1-5H3/t24-,35+/m1/s1. The third-order valence-electron chi connectivity index (χ3n) is 8.61. The van der Waals surface area contributed by atoms with Gasteiger partial charge in [0.1, 0.15) is 0 Å². The molecule has 0 spiro atoms. The molecule has 6 rings (SSSR count). The molecule has 1 amide bonds. The van der Waals surface area contributed by atoms with E-state index in [4.69, 9.17) is 23.7 Å². The van der Waals surface area contributed by atoms with Gasteiger partial charge in [0, 0.05) is 23.3 Å². The van der Waals surface area contributed by atoms with Crippen molar-refractivity contribution in [2.24, 2.45) is 0 Å². The van der Waals surface area contributed by atoms with Crippen LogP contribution in [0.25, 0.3) is 0 Å². The zero-order chi connectivity index (χ0) is 32.4. The second kappa shape index (κ2) is 12.9. The number of nitrogens with one attached hydrogen (secondary N) is 1. The van der Waals surface area contributed by atoms with Crippen LogP contribution in [-0.4, -0.2) is 47.2 Å². The van der Waals surface area contributed by atoms with Crippen molar-refractivity contribution in [3.05, 3.63) is 113 Å². The molecule has 0 saturated carbocycles. The van der Waals surface area contributed by atoms with Crippen molar-refractivity contribution < 1.29 is 33.3 Å². The average molecular weight is 621 g/mol. The van der Waals surface area contributed by atoms with E-state index in [1.807, 2.05) is 72.8 Å². The molecule has 9 heteroatoms. The lowest BCUT2D eigenvalue weighted by atomic mass is 9.78. The summed E-state index contributed by atoms with van der Waals surface area (Å²) < 4.78 is 28.1. The monoisotopic (exact) mass is 620 g/mol. The Bertz CT molecular complexity index is 1790. The van der Waals surface area contributed by atoms with Crippen LogP contribution < -0.4 is 33.9 Å². The molecule has 0 unspecified atom stereocenters. The van der Waals surface area contributed by atoms with Gasteiger partial charge in [0.15, 0.2) is 28.8 Å². The maximum absolute atomic E-state index is 14.6. The fourth-order valence-corrected chi connectivity index (χ4v) is 6.45. The quantitative estimate of drug-likeness (QED) is 0.226. The minimum absolute atomic E-state index is 0.0778.